The van der Waals surface area contributed by atoms with E-state index in [4.69, 9.17) is 9.84 Å². The van der Waals surface area contributed by atoms with E-state index in [0.717, 1.165) is 31.7 Å². The summed E-state index contributed by atoms with van der Waals surface area (Å²) in [7, 11) is 0. The first-order chi connectivity index (χ1) is 10.2. The van der Waals surface area contributed by atoms with Gasteiger partial charge in [-0.2, -0.15) is 0 Å². The van der Waals surface area contributed by atoms with Crippen LogP contribution < -0.4 is 4.90 Å². The predicted octanol–water partition coefficient (Wildman–Crippen LogP) is -0.0206. The zero-order chi connectivity index (χ0) is 14.7. The molecular formula is C12H16N6O3. The van der Waals surface area contributed by atoms with Crippen molar-refractivity contribution in [3.8, 4) is 0 Å². The van der Waals surface area contributed by atoms with Crippen LogP contribution in [0.25, 0.3) is 5.65 Å². The first-order valence-corrected chi connectivity index (χ1v) is 6.86. The number of tetrazole rings is 1. The molecule has 0 bridgehead atoms. The Morgan fingerprint density at radius 1 is 1.38 bits per heavy atom. The van der Waals surface area contributed by atoms with Crippen LogP contribution in [0.15, 0.2) is 12.1 Å². The average molecular weight is 292 g/mol. The van der Waals surface area contributed by atoms with Crippen LogP contribution in [0, 0.1) is 0 Å². The van der Waals surface area contributed by atoms with Gasteiger partial charge >= 0.3 is 5.97 Å². The van der Waals surface area contributed by atoms with Crippen molar-refractivity contribution >= 4 is 17.4 Å². The highest BCUT2D eigenvalue weighted by molar-refractivity contribution is 5.66. The SMILES string of the molecule is O=C(O)CCOC1CCN(c2ccc3nnnn3n2)CC1. The van der Waals surface area contributed by atoms with Gasteiger partial charge in [-0.15, -0.1) is 14.8 Å². The summed E-state index contributed by atoms with van der Waals surface area (Å²) in [6, 6.07) is 3.73. The maximum Gasteiger partial charge on any atom is 0.305 e. The molecule has 21 heavy (non-hydrogen) atoms. The molecule has 0 unspecified atom stereocenters. The molecule has 1 aliphatic heterocycles. The molecule has 1 aliphatic rings. The second-order valence-corrected chi connectivity index (χ2v) is 4.92. The van der Waals surface area contributed by atoms with Crippen LogP contribution in [0.3, 0.4) is 0 Å². The third-order valence-electron chi connectivity index (χ3n) is 3.49. The summed E-state index contributed by atoms with van der Waals surface area (Å²) in [5.41, 5.74) is 0.616. The van der Waals surface area contributed by atoms with Crippen LogP contribution in [0.4, 0.5) is 5.82 Å². The summed E-state index contributed by atoms with van der Waals surface area (Å²) in [4.78, 5) is 12.6. The fourth-order valence-electron chi connectivity index (χ4n) is 2.37. The van der Waals surface area contributed by atoms with Gasteiger partial charge in [-0.3, -0.25) is 4.79 Å². The molecule has 0 saturated carbocycles. The molecular weight excluding hydrogens is 276 g/mol. The van der Waals surface area contributed by atoms with Crippen molar-refractivity contribution in [3.05, 3.63) is 12.1 Å². The fourth-order valence-corrected chi connectivity index (χ4v) is 2.37. The summed E-state index contributed by atoms with van der Waals surface area (Å²) >= 11 is 0. The molecule has 9 nitrogen and oxygen atoms in total. The van der Waals surface area contributed by atoms with E-state index in [1.54, 1.807) is 0 Å². The highest BCUT2D eigenvalue weighted by Crippen LogP contribution is 2.19. The van der Waals surface area contributed by atoms with Crippen LogP contribution >= 0.6 is 0 Å². The topological polar surface area (TPSA) is 106 Å². The average Bonchev–Trinajstić information content (AvgIpc) is 2.95. The first-order valence-electron chi connectivity index (χ1n) is 6.86. The predicted molar refractivity (Wildman–Crippen MR) is 72.0 cm³/mol. The zero-order valence-corrected chi connectivity index (χ0v) is 11.4. The third kappa shape index (κ3) is 3.24. The molecule has 3 heterocycles. The molecule has 2 aromatic rings. The largest absolute Gasteiger partial charge is 0.481 e. The number of carboxylic acids is 1. The number of fused-ring (bicyclic) bond motifs is 1. The number of piperidine rings is 1. The number of carboxylic acid groups (broad SMARTS) is 1. The van der Waals surface area contributed by atoms with Gasteiger partial charge in [0.15, 0.2) is 11.5 Å². The van der Waals surface area contributed by atoms with Gasteiger partial charge in [0.05, 0.1) is 19.1 Å². The lowest BCUT2D eigenvalue weighted by molar-refractivity contribution is -0.138. The Labute approximate surface area is 120 Å². The smallest absolute Gasteiger partial charge is 0.305 e. The van der Waals surface area contributed by atoms with Gasteiger partial charge in [0.25, 0.3) is 0 Å². The Hall–Kier alpha value is -2.29. The number of nitrogens with zero attached hydrogens (tertiary/aromatic N) is 6. The summed E-state index contributed by atoms with van der Waals surface area (Å²) in [6.07, 6.45) is 1.89. The number of hydrogen-bond acceptors (Lipinski definition) is 7. The Morgan fingerprint density at radius 3 is 2.95 bits per heavy atom. The first kappa shape index (κ1) is 13.7. The number of carbonyl (C=O) groups is 1. The molecule has 0 spiro atoms. The number of aromatic nitrogens is 5. The van der Waals surface area contributed by atoms with Crippen molar-refractivity contribution in [2.45, 2.75) is 25.4 Å². The van der Waals surface area contributed by atoms with Gasteiger partial charge in [-0.25, -0.2) is 0 Å². The Balaban J connectivity index is 1.54. The second kappa shape index (κ2) is 6.00. The van der Waals surface area contributed by atoms with E-state index in [-0.39, 0.29) is 19.1 Å². The summed E-state index contributed by atoms with van der Waals surface area (Å²) < 4.78 is 6.98. The van der Waals surface area contributed by atoms with E-state index < -0.39 is 5.97 Å². The van der Waals surface area contributed by atoms with E-state index in [2.05, 4.69) is 25.5 Å². The van der Waals surface area contributed by atoms with Crippen LogP contribution in [0.5, 0.6) is 0 Å². The molecule has 1 N–H and O–H groups in total. The zero-order valence-electron chi connectivity index (χ0n) is 11.4. The van der Waals surface area contributed by atoms with Crippen molar-refractivity contribution in [2.75, 3.05) is 24.6 Å². The lowest BCUT2D eigenvalue weighted by atomic mass is 10.1. The summed E-state index contributed by atoms with van der Waals surface area (Å²) in [6.45, 7) is 1.91. The van der Waals surface area contributed by atoms with Gasteiger partial charge in [0, 0.05) is 13.1 Å². The molecule has 112 valence electrons. The fraction of sp³-hybridized carbons (Fsp3) is 0.583. The van der Waals surface area contributed by atoms with Crippen LogP contribution in [-0.2, 0) is 9.53 Å². The van der Waals surface area contributed by atoms with Gasteiger partial charge in [0.1, 0.15) is 0 Å². The second-order valence-electron chi connectivity index (χ2n) is 4.92. The number of hydrogen-bond donors (Lipinski definition) is 1. The summed E-state index contributed by atoms with van der Waals surface area (Å²) in [5, 5.41) is 24.1. The maximum absolute atomic E-state index is 10.4. The van der Waals surface area contributed by atoms with Crippen LogP contribution in [-0.4, -0.2) is 62.1 Å². The minimum atomic E-state index is -0.827. The monoisotopic (exact) mass is 292 g/mol. The standard InChI is InChI=1S/C12H16N6O3/c19-12(20)5-8-21-9-3-6-17(7-4-9)11-2-1-10-13-15-16-18(10)14-11/h1-2,9H,3-8H2,(H,19,20). The highest BCUT2D eigenvalue weighted by atomic mass is 16.5. The molecule has 0 atom stereocenters. The minimum absolute atomic E-state index is 0.0533. The molecule has 0 radical (unpaired) electrons. The normalized spacial score (nSPS) is 16.5. The quantitative estimate of drug-likeness (QED) is 0.819. The van der Waals surface area contributed by atoms with Crippen molar-refractivity contribution in [2.24, 2.45) is 0 Å². The van der Waals surface area contributed by atoms with Crippen LogP contribution in [0.2, 0.25) is 0 Å². The van der Waals surface area contributed by atoms with E-state index in [1.165, 1.54) is 4.63 Å². The molecule has 0 amide bonds. The molecule has 2 aromatic heterocycles. The molecule has 1 saturated heterocycles. The number of rotatable bonds is 5. The Morgan fingerprint density at radius 2 is 2.19 bits per heavy atom. The molecule has 9 heteroatoms. The minimum Gasteiger partial charge on any atom is -0.481 e. The molecule has 1 fully saturated rings. The number of aliphatic carboxylic acids is 1. The van der Waals surface area contributed by atoms with Gasteiger partial charge in [0.2, 0.25) is 0 Å². The van der Waals surface area contributed by atoms with Crippen molar-refractivity contribution in [1.29, 1.82) is 0 Å². The number of anilines is 1. The number of ether oxygens (including phenoxy) is 1. The highest BCUT2D eigenvalue weighted by Gasteiger charge is 2.21. The van der Waals surface area contributed by atoms with Gasteiger partial charge in [-0.05, 0) is 35.4 Å². The molecule has 3 rings (SSSR count). The Bertz CT molecular complexity index is 622. The van der Waals surface area contributed by atoms with Gasteiger partial charge < -0.3 is 14.7 Å². The van der Waals surface area contributed by atoms with Crippen molar-refractivity contribution in [3.63, 3.8) is 0 Å². The molecule has 0 aromatic carbocycles. The van der Waals surface area contributed by atoms with E-state index >= 15 is 0 Å². The van der Waals surface area contributed by atoms with E-state index in [0.29, 0.717) is 5.65 Å². The van der Waals surface area contributed by atoms with Gasteiger partial charge in [-0.1, -0.05) is 0 Å². The van der Waals surface area contributed by atoms with Crippen molar-refractivity contribution in [1.82, 2.24) is 25.3 Å². The molecule has 0 aliphatic carbocycles. The van der Waals surface area contributed by atoms with Crippen LogP contribution in [0.1, 0.15) is 19.3 Å². The third-order valence-corrected chi connectivity index (χ3v) is 3.49. The van der Waals surface area contributed by atoms with Crippen molar-refractivity contribution < 1.29 is 14.6 Å². The lowest BCUT2D eigenvalue weighted by Gasteiger charge is -2.32. The lowest BCUT2D eigenvalue weighted by Crippen LogP contribution is -2.38. The Kier molecular flexibility index (Phi) is 3.91. The van der Waals surface area contributed by atoms with E-state index in [9.17, 15) is 4.79 Å². The maximum atomic E-state index is 10.4. The summed E-state index contributed by atoms with van der Waals surface area (Å²) in [5.74, 6) is 0.00478. The van der Waals surface area contributed by atoms with E-state index in [1.807, 2.05) is 12.1 Å².